The fraction of sp³-hybridized carbons (Fsp3) is 0.692. The molecule has 0 aliphatic carbocycles. The maximum atomic E-state index is 11.6. The molecule has 1 aliphatic rings. The number of cyclic esters (lactones) is 1. The third-order valence-electron chi connectivity index (χ3n) is 2.80. The lowest BCUT2D eigenvalue weighted by Gasteiger charge is -2.20. The highest BCUT2D eigenvalue weighted by Gasteiger charge is 2.20. The van der Waals surface area contributed by atoms with E-state index in [1.165, 1.54) is 13.2 Å². The van der Waals surface area contributed by atoms with Crippen molar-refractivity contribution in [2.75, 3.05) is 7.11 Å². The number of ether oxygens (including phenoxy) is 2. The number of aliphatic hydroxyl groups is 1. The van der Waals surface area contributed by atoms with Gasteiger partial charge in [-0.25, -0.2) is 0 Å². The predicted molar refractivity (Wildman–Crippen MR) is 65.0 cm³/mol. The van der Waals surface area contributed by atoms with Crippen LogP contribution in [-0.2, 0) is 19.1 Å². The van der Waals surface area contributed by atoms with Crippen molar-refractivity contribution in [3.63, 3.8) is 0 Å². The topological polar surface area (TPSA) is 72.8 Å². The Balaban J connectivity index is 2.71. The first-order valence-electron chi connectivity index (χ1n) is 6.10. The number of methoxy groups -OCH3 is 1. The lowest BCUT2D eigenvalue weighted by atomic mass is 10.0. The van der Waals surface area contributed by atoms with Gasteiger partial charge >= 0.3 is 5.97 Å². The Morgan fingerprint density at radius 1 is 1.39 bits per heavy atom. The van der Waals surface area contributed by atoms with Gasteiger partial charge in [-0.05, 0) is 6.92 Å². The highest BCUT2D eigenvalue weighted by molar-refractivity contribution is 5.80. The Bertz CT molecular complexity index is 323. The summed E-state index contributed by atoms with van der Waals surface area (Å²) in [7, 11) is 1.54. The number of carbonyl (C=O) groups is 2. The summed E-state index contributed by atoms with van der Waals surface area (Å²) in [6.45, 7) is 1.75. The second-order valence-electron chi connectivity index (χ2n) is 4.54. The molecule has 0 unspecified atom stereocenters. The molecule has 0 aromatic carbocycles. The van der Waals surface area contributed by atoms with Crippen molar-refractivity contribution < 1.29 is 24.2 Å². The summed E-state index contributed by atoms with van der Waals surface area (Å²) in [6, 6.07) is 0. The number of esters is 1. The Labute approximate surface area is 107 Å². The maximum Gasteiger partial charge on any atom is 0.309 e. The first kappa shape index (κ1) is 14.9. The molecule has 0 bridgehead atoms. The van der Waals surface area contributed by atoms with Crippen LogP contribution in [0.15, 0.2) is 12.2 Å². The number of hydrogen-bond acceptors (Lipinski definition) is 5. The first-order chi connectivity index (χ1) is 8.51. The molecule has 1 rings (SSSR count). The van der Waals surface area contributed by atoms with Crippen molar-refractivity contribution in [3.8, 4) is 0 Å². The van der Waals surface area contributed by atoms with E-state index in [4.69, 9.17) is 9.47 Å². The molecular formula is C13H20O5. The largest absolute Gasteiger partial charge is 0.462 e. The van der Waals surface area contributed by atoms with Crippen LogP contribution in [0.1, 0.15) is 32.6 Å². The number of Topliss-reactive ketones (excluding diaryl/α,β-unsaturated/α-hetero) is 1. The van der Waals surface area contributed by atoms with E-state index < -0.39 is 12.1 Å². The van der Waals surface area contributed by atoms with Gasteiger partial charge in [-0.2, -0.15) is 0 Å². The molecule has 1 aliphatic heterocycles. The zero-order valence-corrected chi connectivity index (χ0v) is 10.8. The number of aliphatic hydroxyl groups excluding tert-OH is 1. The van der Waals surface area contributed by atoms with Crippen LogP contribution in [0.25, 0.3) is 0 Å². The molecule has 0 radical (unpaired) electrons. The van der Waals surface area contributed by atoms with Crippen molar-refractivity contribution in [3.05, 3.63) is 12.2 Å². The molecule has 3 atom stereocenters. The van der Waals surface area contributed by atoms with Gasteiger partial charge in [0.05, 0.1) is 18.6 Å². The Morgan fingerprint density at radius 3 is 2.78 bits per heavy atom. The molecule has 5 heteroatoms. The molecule has 102 valence electrons. The van der Waals surface area contributed by atoms with E-state index in [-0.39, 0.29) is 30.8 Å². The summed E-state index contributed by atoms with van der Waals surface area (Å²) < 4.78 is 10.3. The number of ketones is 1. The second kappa shape index (κ2) is 7.28. The van der Waals surface area contributed by atoms with Gasteiger partial charge in [0.1, 0.15) is 11.9 Å². The number of allylic oxidation sites excluding steroid dienone is 1. The van der Waals surface area contributed by atoms with E-state index >= 15 is 0 Å². The summed E-state index contributed by atoms with van der Waals surface area (Å²) in [4.78, 5) is 23.1. The number of carbonyl (C=O) groups excluding carboxylic acids is 2. The first-order valence-corrected chi connectivity index (χ1v) is 6.10. The highest BCUT2D eigenvalue weighted by atomic mass is 16.5. The van der Waals surface area contributed by atoms with E-state index in [1.54, 1.807) is 13.0 Å². The molecule has 0 aromatic heterocycles. The van der Waals surface area contributed by atoms with E-state index in [0.717, 1.165) is 0 Å². The fourth-order valence-electron chi connectivity index (χ4n) is 1.89. The van der Waals surface area contributed by atoms with Crippen LogP contribution in [0.4, 0.5) is 0 Å². The minimum Gasteiger partial charge on any atom is -0.462 e. The summed E-state index contributed by atoms with van der Waals surface area (Å²) in [5.74, 6) is -0.397. The predicted octanol–water partition coefficient (Wildman–Crippen LogP) is 0.993. The van der Waals surface area contributed by atoms with Gasteiger partial charge in [0.25, 0.3) is 0 Å². The molecule has 5 nitrogen and oxygen atoms in total. The normalized spacial score (nSPS) is 33.2. The molecular weight excluding hydrogens is 236 g/mol. The molecule has 0 saturated heterocycles. The van der Waals surface area contributed by atoms with Gasteiger partial charge < -0.3 is 14.6 Å². The Kier molecular flexibility index (Phi) is 6.01. The fourth-order valence-corrected chi connectivity index (χ4v) is 1.89. The monoisotopic (exact) mass is 256 g/mol. The van der Waals surface area contributed by atoms with Crippen LogP contribution in [0.5, 0.6) is 0 Å². The van der Waals surface area contributed by atoms with Crippen molar-refractivity contribution in [2.24, 2.45) is 0 Å². The van der Waals surface area contributed by atoms with Gasteiger partial charge in [0.15, 0.2) is 0 Å². The SMILES string of the molecule is CO[C@@H]1CC(=O)C/C=C\[C@@H](O)CC(=O)O[C@H](C)C1. The zero-order valence-electron chi connectivity index (χ0n) is 10.8. The average molecular weight is 256 g/mol. The lowest BCUT2D eigenvalue weighted by molar-refractivity contribution is -0.151. The third kappa shape index (κ3) is 5.42. The van der Waals surface area contributed by atoms with Crippen LogP contribution in [0, 0.1) is 0 Å². The maximum absolute atomic E-state index is 11.6. The van der Waals surface area contributed by atoms with Crippen LogP contribution < -0.4 is 0 Å². The molecule has 1 heterocycles. The van der Waals surface area contributed by atoms with E-state index in [9.17, 15) is 14.7 Å². The van der Waals surface area contributed by atoms with Crippen molar-refractivity contribution in [1.29, 1.82) is 0 Å². The molecule has 1 N–H and O–H groups in total. The standard InChI is InChI=1S/C13H20O5/c1-9-6-12(17-2)7-10(14)4-3-5-11(15)8-13(16)18-9/h3,5,9,11-12,15H,4,6-8H2,1-2H3/b5-3-/t9-,11-,12+/m1/s1. The van der Waals surface area contributed by atoms with E-state index in [2.05, 4.69) is 0 Å². The van der Waals surface area contributed by atoms with Crippen molar-refractivity contribution in [1.82, 2.24) is 0 Å². The van der Waals surface area contributed by atoms with Gasteiger partial charge in [0, 0.05) is 26.4 Å². The second-order valence-corrected chi connectivity index (χ2v) is 4.54. The number of hydrogen-bond donors (Lipinski definition) is 1. The summed E-state index contributed by atoms with van der Waals surface area (Å²) in [5.41, 5.74) is 0. The Hall–Kier alpha value is -1.20. The lowest BCUT2D eigenvalue weighted by Crippen LogP contribution is -2.26. The molecule has 0 fully saturated rings. The van der Waals surface area contributed by atoms with Gasteiger partial charge in [-0.3, -0.25) is 9.59 Å². The van der Waals surface area contributed by atoms with Crippen LogP contribution >= 0.6 is 0 Å². The van der Waals surface area contributed by atoms with Gasteiger partial charge in [-0.1, -0.05) is 12.2 Å². The Morgan fingerprint density at radius 2 is 2.11 bits per heavy atom. The minimum atomic E-state index is -0.893. The summed E-state index contributed by atoms with van der Waals surface area (Å²) >= 11 is 0. The van der Waals surface area contributed by atoms with E-state index in [0.29, 0.717) is 12.8 Å². The summed E-state index contributed by atoms with van der Waals surface area (Å²) in [6.07, 6.45) is 2.50. The van der Waals surface area contributed by atoms with E-state index in [1.807, 2.05) is 0 Å². The van der Waals surface area contributed by atoms with Crippen molar-refractivity contribution in [2.45, 2.75) is 50.9 Å². The molecule has 18 heavy (non-hydrogen) atoms. The molecule has 0 amide bonds. The van der Waals surface area contributed by atoms with Gasteiger partial charge in [0.2, 0.25) is 0 Å². The molecule has 0 spiro atoms. The van der Waals surface area contributed by atoms with Gasteiger partial charge in [-0.15, -0.1) is 0 Å². The molecule has 0 saturated carbocycles. The summed E-state index contributed by atoms with van der Waals surface area (Å²) in [5, 5.41) is 9.51. The zero-order chi connectivity index (χ0) is 13.5. The van der Waals surface area contributed by atoms with Crippen LogP contribution in [0.3, 0.4) is 0 Å². The quantitative estimate of drug-likeness (QED) is 0.559. The smallest absolute Gasteiger partial charge is 0.309 e. The molecule has 0 aromatic rings. The minimum absolute atomic E-state index is 0.0457. The van der Waals surface area contributed by atoms with Crippen LogP contribution in [0.2, 0.25) is 0 Å². The average Bonchev–Trinajstić information content (AvgIpc) is 2.26. The van der Waals surface area contributed by atoms with Crippen LogP contribution in [-0.4, -0.2) is 42.3 Å². The highest BCUT2D eigenvalue weighted by Crippen LogP contribution is 2.13. The number of rotatable bonds is 1. The van der Waals surface area contributed by atoms with Crippen molar-refractivity contribution >= 4 is 11.8 Å². The third-order valence-corrected chi connectivity index (χ3v) is 2.80.